The molecule has 1 fully saturated rings. The Kier molecular flexibility index (Phi) is 8.24. The van der Waals surface area contributed by atoms with Gasteiger partial charge in [0.25, 0.3) is 0 Å². The van der Waals surface area contributed by atoms with Crippen LogP contribution in [0.5, 0.6) is 5.75 Å². The molecule has 0 radical (unpaired) electrons. The third-order valence-corrected chi connectivity index (χ3v) is 5.56. The first-order valence-electron chi connectivity index (χ1n) is 11.4. The lowest BCUT2D eigenvalue weighted by Gasteiger charge is -2.28. The largest absolute Gasteiger partial charge is 0.493 e. The zero-order valence-corrected chi connectivity index (χ0v) is 18.1. The SMILES string of the molecule is c1coc(CCNC(=NCCCOCC2CCCO2)NC2CCOc3ccccc32)c1. The molecule has 1 saturated heterocycles. The van der Waals surface area contributed by atoms with Crippen LogP contribution in [0.1, 0.15) is 43.0 Å². The van der Waals surface area contributed by atoms with Crippen LogP contribution in [0.2, 0.25) is 0 Å². The highest BCUT2D eigenvalue weighted by Crippen LogP contribution is 2.31. The molecule has 2 unspecified atom stereocenters. The van der Waals surface area contributed by atoms with Crippen molar-refractivity contribution in [2.24, 2.45) is 4.99 Å². The first-order valence-corrected chi connectivity index (χ1v) is 11.4. The van der Waals surface area contributed by atoms with Crippen LogP contribution in [-0.2, 0) is 15.9 Å². The second-order valence-electron chi connectivity index (χ2n) is 7.92. The second kappa shape index (κ2) is 11.8. The number of aliphatic imine (C=N–C) groups is 1. The number of hydrogen-bond donors (Lipinski definition) is 2. The number of nitrogens with zero attached hydrogens (tertiary/aromatic N) is 1. The van der Waals surface area contributed by atoms with Crippen molar-refractivity contribution in [1.82, 2.24) is 10.6 Å². The molecule has 0 aliphatic carbocycles. The minimum atomic E-state index is 0.176. The van der Waals surface area contributed by atoms with Crippen LogP contribution in [0.3, 0.4) is 0 Å². The standard InChI is InChI=1S/C24H33N3O4/c1-2-9-23-21(8-1)22(11-17-31-23)27-24(26-13-10-19-6-3-15-29-19)25-12-5-14-28-18-20-7-4-16-30-20/h1-3,6,8-9,15,20,22H,4-5,7,10-14,16-18H2,(H2,25,26,27). The lowest BCUT2D eigenvalue weighted by molar-refractivity contribution is 0.0171. The van der Waals surface area contributed by atoms with Crippen LogP contribution < -0.4 is 15.4 Å². The molecule has 7 heteroatoms. The van der Waals surface area contributed by atoms with E-state index in [1.165, 1.54) is 5.56 Å². The zero-order valence-electron chi connectivity index (χ0n) is 18.1. The van der Waals surface area contributed by atoms with Crippen molar-refractivity contribution in [3.63, 3.8) is 0 Å². The van der Waals surface area contributed by atoms with Crippen LogP contribution in [0.25, 0.3) is 0 Å². The van der Waals surface area contributed by atoms with E-state index in [1.54, 1.807) is 6.26 Å². The van der Waals surface area contributed by atoms with Crippen molar-refractivity contribution in [2.45, 2.75) is 44.2 Å². The highest BCUT2D eigenvalue weighted by atomic mass is 16.5. The second-order valence-corrected chi connectivity index (χ2v) is 7.92. The fourth-order valence-electron chi connectivity index (χ4n) is 3.92. The summed E-state index contributed by atoms with van der Waals surface area (Å²) in [4.78, 5) is 4.79. The fourth-order valence-corrected chi connectivity index (χ4v) is 3.92. The molecule has 3 heterocycles. The van der Waals surface area contributed by atoms with Crippen LogP contribution in [0.4, 0.5) is 0 Å². The van der Waals surface area contributed by atoms with Gasteiger partial charge in [-0.05, 0) is 37.5 Å². The van der Waals surface area contributed by atoms with E-state index in [4.69, 9.17) is 23.6 Å². The fraction of sp³-hybridized carbons (Fsp3) is 0.542. The van der Waals surface area contributed by atoms with Crippen molar-refractivity contribution in [1.29, 1.82) is 0 Å². The van der Waals surface area contributed by atoms with E-state index >= 15 is 0 Å². The quantitative estimate of drug-likeness (QED) is 0.344. The van der Waals surface area contributed by atoms with Gasteiger partial charge in [0, 0.05) is 44.7 Å². The third kappa shape index (κ3) is 6.74. The van der Waals surface area contributed by atoms with Gasteiger partial charge in [-0.15, -0.1) is 0 Å². The summed E-state index contributed by atoms with van der Waals surface area (Å²) in [5, 5.41) is 7.04. The van der Waals surface area contributed by atoms with Gasteiger partial charge in [0.05, 0.1) is 31.6 Å². The van der Waals surface area contributed by atoms with Crippen LogP contribution >= 0.6 is 0 Å². The Labute approximate surface area is 184 Å². The average molecular weight is 428 g/mol. The van der Waals surface area contributed by atoms with E-state index in [1.807, 2.05) is 24.3 Å². The smallest absolute Gasteiger partial charge is 0.191 e. The number of fused-ring (bicyclic) bond motifs is 1. The van der Waals surface area contributed by atoms with Gasteiger partial charge in [-0.3, -0.25) is 4.99 Å². The maximum Gasteiger partial charge on any atom is 0.191 e. The van der Waals surface area contributed by atoms with Gasteiger partial charge in [0.1, 0.15) is 11.5 Å². The molecule has 2 atom stereocenters. The molecule has 1 aromatic carbocycles. The van der Waals surface area contributed by atoms with E-state index in [2.05, 4.69) is 22.8 Å². The van der Waals surface area contributed by atoms with Crippen molar-refractivity contribution in [2.75, 3.05) is 39.5 Å². The maximum absolute atomic E-state index is 5.79. The molecule has 2 aliphatic heterocycles. The molecule has 0 saturated carbocycles. The number of benzene rings is 1. The normalized spacial score (nSPS) is 20.8. The lowest BCUT2D eigenvalue weighted by atomic mass is 10.0. The monoisotopic (exact) mass is 427 g/mol. The summed E-state index contributed by atoms with van der Waals surface area (Å²) in [6.07, 6.45) is 6.83. The van der Waals surface area contributed by atoms with Gasteiger partial charge in [0.2, 0.25) is 0 Å². The average Bonchev–Trinajstić information content (AvgIpc) is 3.50. The Morgan fingerprint density at radius 2 is 2.10 bits per heavy atom. The van der Waals surface area contributed by atoms with Crippen LogP contribution in [0, 0.1) is 0 Å². The predicted molar refractivity (Wildman–Crippen MR) is 120 cm³/mol. The van der Waals surface area contributed by atoms with Gasteiger partial charge in [0.15, 0.2) is 5.96 Å². The number of ether oxygens (including phenoxy) is 3. The van der Waals surface area contributed by atoms with Gasteiger partial charge in [-0.25, -0.2) is 0 Å². The van der Waals surface area contributed by atoms with Gasteiger partial charge >= 0.3 is 0 Å². The van der Waals surface area contributed by atoms with E-state index in [-0.39, 0.29) is 12.1 Å². The van der Waals surface area contributed by atoms with Crippen molar-refractivity contribution >= 4 is 5.96 Å². The molecule has 2 aliphatic rings. The molecule has 0 bridgehead atoms. The summed E-state index contributed by atoms with van der Waals surface area (Å²) in [5.41, 5.74) is 1.18. The lowest BCUT2D eigenvalue weighted by Crippen LogP contribution is -2.42. The van der Waals surface area contributed by atoms with Crippen molar-refractivity contribution in [3.8, 4) is 5.75 Å². The van der Waals surface area contributed by atoms with Crippen molar-refractivity contribution < 1.29 is 18.6 Å². The summed E-state index contributed by atoms with van der Waals surface area (Å²) < 4.78 is 22.6. The Hall–Kier alpha value is -2.51. The molecule has 4 rings (SSSR count). The molecule has 31 heavy (non-hydrogen) atoms. The minimum absolute atomic E-state index is 0.176. The Morgan fingerprint density at radius 1 is 1.13 bits per heavy atom. The first-order chi connectivity index (χ1) is 15.4. The summed E-state index contributed by atoms with van der Waals surface area (Å²) >= 11 is 0. The minimum Gasteiger partial charge on any atom is -0.493 e. The maximum atomic E-state index is 5.79. The number of furan rings is 1. The molecule has 7 nitrogen and oxygen atoms in total. The molecule has 1 aromatic heterocycles. The van der Waals surface area contributed by atoms with Crippen LogP contribution in [0.15, 0.2) is 52.1 Å². The van der Waals surface area contributed by atoms with E-state index in [9.17, 15) is 0 Å². The highest BCUT2D eigenvalue weighted by molar-refractivity contribution is 5.80. The van der Waals surface area contributed by atoms with E-state index in [0.29, 0.717) is 26.4 Å². The topological polar surface area (TPSA) is 77.3 Å². The Morgan fingerprint density at radius 3 is 2.97 bits per heavy atom. The van der Waals surface area contributed by atoms with Crippen molar-refractivity contribution in [3.05, 3.63) is 54.0 Å². The third-order valence-electron chi connectivity index (χ3n) is 5.56. The van der Waals surface area contributed by atoms with Gasteiger partial charge in [-0.1, -0.05) is 18.2 Å². The molecule has 2 aromatic rings. The Balaban J connectivity index is 1.28. The summed E-state index contributed by atoms with van der Waals surface area (Å²) in [6, 6.07) is 12.3. The number of hydrogen-bond acceptors (Lipinski definition) is 5. The molecule has 2 N–H and O–H groups in total. The van der Waals surface area contributed by atoms with Crippen LogP contribution in [-0.4, -0.2) is 51.6 Å². The molecule has 0 amide bonds. The highest BCUT2D eigenvalue weighted by Gasteiger charge is 2.22. The Bertz CT molecular complexity index is 803. The summed E-state index contributed by atoms with van der Waals surface area (Å²) in [6.45, 7) is 4.40. The molecular weight excluding hydrogens is 394 g/mol. The van der Waals surface area contributed by atoms with Gasteiger partial charge < -0.3 is 29.3 Å². The van der Waals surface area contributed by atoms with E-state index in [0.717, 1.165) is 62.7 Å². The molecular formula is C24H33N3O4. The number of rotatable bonds is 10. The molecule has 0 spiro atoms. The summed E-state index contributed by atoms with van der Waals surface area (Å²) in [7, 11) is 0. The molecule has 168 valence electrons. The number of para-hydroxylation sites is 1. The van der Waals surface area contributed by atoms with E-state index < -0.39 is 0 Å². The number of nitrogens with one attached hydrogen (secondary N) is 2. The summed E-state index contributed by atoms with van der Waals surface area (Å²) in [5.74, 6) is 2.72. The predicted octanol–water partition coefficient (Wildman–Crippen LogP) is 3.47. The first kappa shape index (κ1) is 21.7. The number of guanidine groups is 1. The van der Waals surface area contributed by atoms with Gasteiger partial charge in [-0.2, -0.15) is 0 Å². The zero-order chi connectivity index (χ0) is 21.1.